The summed E-state index contributed by atoms with van der Waals surface area (Å²) in [6, 6.07) is 14.4. The normalized spacial score (nSPS) is 14.2. The Morgan fingerprint density at radius 1 is 1.09 bits per heavy atom. The van der Waals surface area contributed by atoms with E-state index < -0.39 is 29.7 Å². The fraction of sp³-hybridized carbons (Fsp3) is 0.308. The average Bonchev–Trinajstić information content (AvgIpc) is 3.12. The number of carboxylic acids is 1. The lowest BCUT2D eigenvalue weighted by molar-refractivity contribution is -0.145. The quantitative estimate of drug-likeness (QED) is 0.388. The van der Waals surface area contributed by atoms with Gasteiger partial charge in [-0.15, -0.1) is 0 Å². The Hall–Kier alpha value is -4.14. The molecule has 0 aliphatic heterocycles. The fourth-order valence-corrected chi connectivity index (χ4v) is 3.82. The molecule has 0 saturated heterocycles. The van der Waals surface area contributed by atoms with E-state index in [2.05, 4.69) is 10.3 Å². The van der Waals surface area contributed by atoms with Gasteiger partial charge in [-0.05, 0) is 43.0 Å². The second-order valence-corrected chi connectivity index (χ2v) is 9.01. The average molecular weight is 480 g/mol. The van der Waals surface area contributed by atoms with Crippen molar-refractivity contribution in [3.63, 3.8) is 0 Å². The maximum absolute atomic E-state index is 12.5. The van der Waals surface area contributed by atoms with Crippen LogP contribution in [0.2, 0.25) is 0 Å². The van der Waals surface area contributed by atoms with Gasteiger partial charge in [-0.3, -0.25) is 4.99 Å². The van der Waals surface area contributed by atoms with Gasteiger partial charge in [0.1, 0.15) is 24.5 Å². The molecule has 4 N–H and O–H groups in total. The molecule has 184 valence electrons. The largest absolute Gasteiger partial charge is 0.480 e. The van der Waals surface area contributed by atoms with Gasteiger partial charge in [0.25, 0.3) is 0 Å². The number of aliphatic carboxylic acids is 1. The Morgan fingerprint density at radius 2 is 1.66 bits per heavy atom. The van der Waals surface area contributed by atoms with E-state index in [1.165, 1.54) is 0 Å². The molecule has 2 aromatic rings. The number of esters is 1. The number of benzene rings is 2. The summed E-state index contributed by atoms with van der Waals surface area (Å²) in [5.41, 5.74) is 9.17. The molecule has 35 heavy (non-hydrogen) atoms. The Bertz CT molecular complexity index is 1120. The van der Waals surface area contributed by atoms with Gasteiger partial charge >= 0.3 is 18.0 Å². The molecule has 0 radical (unpaired) electrons. The zero-order valence-corrected chi connectivity index (χ0v) is 19.9. The van der Waals surface area contributed by atoms with Crippen molar-refractivity contribution in [1.82, 2.24) is 5.32 Å². The highest BCUT2D eigenvalue weighted by atomic mass is 16.6. The Kier molecular flexibility index (Phi) is 7.91. The minimum atomic E-state index is -1.36. The Labute approximate surface area is 203 Å². The maximum Gasteiger partial charge on any atom is 0.407 e. The molecule has 9 heteroatoms. The minimum Gasteiger partial charge on any atom is -0.480 e. The summed E-state index contributed by atoms with van der Waals surface area (Å²) >= 11 is 0. The molecule has 0 unspecified atom stereocenters. The summed E-state index contributed by atoms with van der Waals surface area (Å²) in [5.74, 6) is -2.16. The van der Waals surface area contributed by atoms with Crippen LogP contribution in [0.4, 0.5) is 4.79 Å². The summed E-state index contributed by atoms with van der Waals surface area (Å²) < 4.78 is 10.5. The topological polar surface area (TPSA) is 140 Å². The van der Waals surface area contributed by atoms with Crippen LogP contribution in [0.3, 0.4) is 0 Å². The van der Waals surface area contributed by atoms with Crippen LogP contribution >= 0.6 is 0 Å². The number of alkyl carbamates (subject to hydrolysis) is 1. The van der Waals surface area contributed by atoms with Gasteiger partial charge in [-0.2, -0.15) is 0 Å². The molecule has 1 aliphatic rings. The van der Waals surface area contributed by atoms with E-state index in [0.717, 1.165) is 34.7 Å². The first-order valence-corrected chi connectivity index (χ1v) is 11.1. The molecule has 1 aliphatic carbocycles. The highest BCUT2D eigenvalue weighted by Crippen LogP contribution is 2.44. The number of carboxylic acid groups (broad SMARTS) is 1. The number of nitrogens with two attached hydrogens (primary N) is 1. The molecule has 0 fully saturated rings. The van der Waals surface area contributed by atoms with Crippen LogP contribution in [0.15, 0.2) is 65.4 Å². The van der Waals surface area contributed by atoms with E-state index in [4.69, 9.17) is 15.2 Å². The number of hydrogen-bond acceptors (Lipinski definition) is 7. The molecular weight excluding hydrogens is 450 g/mol. The van der Waals surface area contributed by atoms with Gasteiger partial charge in [0.05, 0.1) is 5.70 Å². The first-order valence-electron chi connectivity index (χ1n) is 11.1. The van der Waals surface area contributed by atoms with Crippen molar-refractivity contribution in [3.8, 4) is 11.1 Å². The summed E-state index contributed by atoms with van der Waals surface area (Å²) in [6.45, 7) is 5.16. The molecule has 0 spiro atoms. The minimum absolute atomic E-state index is 0.0442. The standard InChI is InChI=1S/C26H29N3O6/c1-26(2,3)35-23(30)14-28-16(13-27)12-22(24(31)32)29-25(33)34-15-21-19-10-6-4-8-17(19)18-9-5-7-11-20(18)21/h4-11,13-14,21-22H,12,15,27H2,1-3H3,(H,29,33)(H,31,32)/b16-13-,28-14?/t22-/m0/s1. The third-order valence-corrected chi connectivity index (χ3v) is 5.28. The maximum atomic E-state index is 12.5. The van der Waals surface area contributed by atoms with E-state index in [1.807, 2.05) is 48.5 Å². The van der Waals surface area contributed by atoms with Crippen LogP contribution in [-0.4, -0.2) is 47.6 Å². The number of fused-ring (bicyclic) bond motifs is 3. The molecule has 0 bridgehead atoms. The number of carbonyl (C=O) groups excluding carboxylic acids is 2. The number of ether oxygens (including phenoxy) is 2. The number of aliphatic imine (C=N–C) groups is 1. The Morgan fingerprint density at radius 3 is 2.17 bits per heavy atom. The number of hydrogen-bond donors (Lipinski definition) is 3. The van der Waals surface area contributed by atoms with Crippen LogP contribution in [0.25, 0.3) is 11.1 Å². The number of rotatable bonds is 8. The third-order valence-electron chi connectivity index (χ3n) is 5.28. The van der Waals surface area contributed by atoms with Gasteiger partial charge < -0.3 is 25.6 Å². The highest BCUT2D eigenvalue weighted by molar-refractivity contribution is 6.23. The van der Waals surface area contributed by atoms with Gasteiger partial charge in [-0.25, -0.2) is 14.4 Å². The molecule has 9 nitrogen and oxygen atoms in total. The molecule has 0 saturated carbocycles. The summed E-state index contributed by atoms with van der Waals surface area (Å²) in [7, 11) is 0. The van der Waals surface area contributed by atoms with Crippen molar-refractivity contribution in [2.24, 2.45) is 10.7 Å². The predicted molar refractivity (Wildman–Crippen MR) is 131 cm³/mol. The molecule has 0 aromatic heterocycles. The monoisotopic (exact) mass is 479 g/mol. The lowest BCUT2D eigenvalue weighted by Crippen LogP contribution is -2.41. The molecular formula is C26H29N3O6. The number of carbonyl (C=O) groups is 3. The van der Waals surface area contributed by atoms with Crippen LogP contribution in [-0.2, 0) is 19.1 Å². The van der Waals surface area contributed by atoms with Crippen LogP contribution in [0, 0.1) is 0 Å². The van der Waals surface area contributed by atoms with Crippen LogP contribution in [0.5, 0.6) is 0 Å². The Balaban J connectivity index is 1.62. The molecule has 0 heterocycles. The second-order valence-electron chi connectivity index (χ2n) is 9.01. The summed E-state index contributed by atoms with van der Waals surface area (Å²) in [6.07, 6.45) is 0.841. The van der Waals surface area contributed by atoms with E-state index >= 15 is 0 Å². The van der Waals surface area contributed by atoms with Crippen molar-refractivity contribution in [2.45, 2.75) is 44.8 Å². The lowest BCUT2D eigenvalue weighted by Gasteiger charge is -2.18. The van der Waals surface area contributed by atoms with Gasteiger partial charge in [0.2, 0.25) is 0 Å². The van der Waals surface area contributed by atoms with Crippen LogP contribution < -0.4 is 11.1 Å². The first-order chi connectivity index (χ1) is 16.6. The SMILES string of the molecule is CC(C)(C)OC(=O)C=N/C(=C\N)C[C@H](NC(=O)OCC1c2ccccc2-c2ccccc21)C(=O)O. The highest BCUT2D eigenvalue weighted by Gasteiger charge is 2.30. The lowest BCUT2D eigenvalue weighted by atomic mass is 9.98. The van der Waals surface area contributed by atoms with Crippen molar-refractivity contribution in [3.05, 3.63) is 71.6 Å². The van der Waals surface area contributed by atoms with Crippen LogP contribution in [0.1, 0.15) is 44.2 Å². The van der Waals surface area contributed by atoms with E-state index in [0.29, 0.717) is 0 Å². The third kappa shape index (κ3) is 6.69. The van der Waals surface area contributed by atoms with Gasteiger partial charge in [0, 0.05) is 18.5 Å². The first kappa shape index (κ1) is 25.5. The smallest absolute Gasteiger partial charge is 0.407 e. The van der Waals surface area contributed by atoms with Gasteiger partial charge in [-0.1, -0.05) is 48.5 Å². The predicted octanol–water partition coefficient (Wildman–Crippen LogP) is 3.58. The van der Waals surface area contributed by atoms with E-state index in [9.17, 15) is 19.5 Å². The molecule has 3 rings (SSSR count). The zero-order valence-electron chi connectivity index (χ0n) is 19.9. The van der Waals surface area contributed by atoms with Crippen molar-refractivity contribution in [1.29, 1.82) is 0 Å². The van der Waals surface area contributed by atoms with E-state index in [-0.39, 0.29) is 24.6 Å². The van der Waals surface area contributed by atoms with Crippen molar-refractivity contribution >= 4 is 24.2 Å². The molecule has 1 amide bonds. The number of nitrogens with one attached hydrogen (secondary N) is 1. The van der Waals surface area contributed by atoms with Crippen molar-refractivity contribution in [2.75, 3.05) is 6.61 Å². The zero-order chi connectivity index (χ0) is 25.6. The molecule has 1 atom stereocenters. The number of nitrogens with zero attached hydrogens (tertiary/aromatic N) is 1. The number of amides is 1. The van der Waals surface area contributed by atoms with Gasteiger partial charge in [0.15, 0.2) is 0 Å². The summed E-state index contributed by atoms with van der Waals surface area (Å²) in [4.78, 5) is 39.9. The fourth-order valence-electron chi connectivity index (χ4n) is 3.82. The summed E-state index contributed by atoms with van der Waals surface area (Å²) in [5, 5.41) is 11.9. The van der Waals surface area contributed by atoms with E-state index in [1.54, 1.807) is 20.8 Å². The molecule has 2 aromatic carbocycles. The second kappa shape index (κ2) is 10.9. The van der Waals surface area contributed by atoms with Crippen molar-refractivity contribution < 1.29 is 29.0 Å².